The normalized spacial score (nSPS) is 11.4. The Morgan fingerprint density at radius 1 is 1.12 bits per heavy atom. The van der Waals surface area contributed by atoms with Crippen LogP contribution in [0, 0.1) is 10.1 Å². The Kier molecular flexibility index (Phi) is 8.00. The lowest BCUT2D eigenvalue weighted by molar-refractivity contribution is -0.385. The van der Waals surface area contributed by atoms with E-state index in [1.54, 1.807) is 18.2 Å². The number of amides is 1. The summed E-state index contributed by atoms with van der Waals surface area (Å²) in [7, 11) is 0. The summed E-state index contributed by atoms with van der Waals surface area (Å²) in [5, 5.41) is 14.9. The van der Waals surface area contributed by atoms with Crippen molar-refractivity contribution in [3.63, 3.8) is 0 Å². The van der Waals surface area contributed by atoms with Crippen LogP contribution in [-0.2, 0) is 24.0 Å². The van der Waals surface area contributed by atoms with Crippen molar-refractivity contribution in [3.05, 3.63) is 104 Å². The van der Waals surface area contributed by atoms with Crippen LogP contribution >= 0.6 is 15.9 Å². The van der Waals surface area contributed by atoms with Crippen LogP contribution in [0.1, 0.15) is 22.3 Å². The molecule has 0 aliphatic rings. The van der Waals surface area contributed by atoms with E-state index in [2.05, 4.69) is 26.5 Å². The Hall–Kier alpha value is -3.73. The van der Waals surface area contributed by atoms with Gasteiger partial charge in [-0.2, -0.15) is 18.3 Å². The summed E-state index contributed by atoms with van der Waals surface area (Å²) in [6, 6.07) is 16.8. The number of nitro groups is 1. The van der Waals surface area contributed by atoms with Gasteiger partial charge in [0.05, 0.1) is 27.6 Å². The second-order valence-electron chi connectivity index (χ2n) is 7.03. The zero-order valence-electron chi connectivity index (χ0n) is 17.4. The molecule has 0 spiro atoms. The number of ether oxygens (including phenoxy) is 1. The van der Waals surface area contributed by atoms with E-state index in [4.69, 9.17) is 4.74 Å². The fourth-order valence-corrected chi connectivity index (χ4v) is 3.41. The SMILES string of the molecule is O=C(Cc1ccc(C(F)(F)F)cc1[N+](=O)[O-])N/N=C/c1ccc(OCc2ccccc2)c(Br)c1. The van der Waals surface area contributed by atoms with Crippen LogP contribution in [-0.4, -0.2) is 17.0 Å². The Bertz CT molecular complexity index is 1220. The number of carbonyl (C=O) groups excluding carboxylic acids is 1. The second kappa shape index (κ2) is 10.9. The molecule has 1 N–H and O–H groups in total. The average molecular weight is 536 g/mol. The van der Waals surface area contributed by atoms with Crippen LogP contribution in [0.25, 0.3) is 0 Å². The van der Waals surface area contributed by atoms with Crippen molar-refractivity contribution in [2.75, 3.05) is 0 Å². The van der Waals surface area contributed by atoms with Crippen LogP contribution in [0.15, 0.2) is 76.3 Å². The molecule has 3 aromatic carbocycles. The second-order valence-corrected chi connectivity index (χ2v) is 7.89. The van der Waals surface area contributed by atoms with Crippen molar-refractivity contribution < 1.29 is 27.6 Å². The van der Waals surface area contributed by atoms with E-state index in [0.29, 0.717) is 34.5 Å². The monoisotopic (exact) mass is 535 g/mol. The molecule has 0 aromatic heterocycles. The number of halogens is 4. The third kappa shape index (κ3) is 6.88. The van der Waals surface area contributed by atoms with E-state index < -0.39 is 34.7 Å². The van der Waals surface area contributed by atoms with Crippen LogP contribution in [0.2, 0.25) is 0 Å². The Morgan fingerprint density at radius 2 is 1.85 bits per heavy atom. The lowest BCUT2D eigenvalue weighted by atomic mass is 10.1. The van der Waals surface area contributed by atoms with E-state index in [0.717, 1.165) is 11.6 Å². The number of carbonyl (C=O) groups is 1. The summed E-state index contributed by atoms with van der Waals surface area (Å²) < 4.78 is 44.8. The first-order chi connectivity index (χ1) is 16.1. The summed E-state index contributed by atoms with van der Waals surface area (Å²) in [5.74, 6) is -0.111. The van der Waals surface area contributed by atoms with Crippen molar-refractivity contribution in [2.24, 2.45) is 5.10 Å². The average Bonchev–Trinajstić information content (AvgIpc) is 2.78. The lowest BCUT2D eigenvalue weighted by Gasteiger charge is -2.09. The van der Waals surface area contributed by atoms with Crippen molar-refractivity contribution in [3.8, 4) is 5.75 Å². The van der Waals surface area contributed by atoms with Gasteiger partial charge in [-0.25, -0.2) is 5.43 Å². The summed E-state index contributed by atoms with van der Waals surface area (Å²) >= 11 is 3.41. The van der Waals surface area contributed by atoms with Gasteiger partial charge < -0.3 is 4.74 Å². The highest BCUT2D eigenvalue weighted by Gasteiger charge is 2.33. The molecule has 34 heavy (non-hydrogen) atoms. The molecule has 3 aromatic rings. The maximum absolute atomic E-state index is 12.8. The molecule has 0 atom stereocenters. The van der Waals surface area contributed by atoms with Crippen LogP contribution < -0.4 is 10.2 Å². The van der Waals surface area contributed by atoms with Crippen molar-refractivity contribution in [2.45, 2.75) is 19.2 Å². The number of rotatable bonds is 8. The fraction of sp³-hybridized carbons (Fsp3) is 0.130. The molecule has 7 nitrogen and oxygen atoms in total. The minimum absolute atomic E-state index is 0.159. The predicted octanol–water partition coefficient (Wildman–Crippen LogP) is 5.65. The van der Waals surface area contributed by atoms with E-state index in [1.165, 1.54) is 6.21 Å². The number of hydrazone groups is 1. The molecule has 0 aliphatic carbocycles. The molecule has 176 valence electrons. The molecule has 0 radical (unpaired) electrons. The minimum atomic E-state index is -4.73. The highest BCUT2D eigenvalue weighted by molar-refractivity contribution is 9.10. The lowest BCUT2D eigenvalue weighted by Crippen LogP contribution is -2.20. The summed E-state index contributed by atoms with van der Waals surface area (Å²) in [5.41, 5.74) is 1.73. The van der Waals surface area contributed by atoms with Crippen molar-refractivity contribution in [1.82, 2.24) is 5.43 Å². The molecule has 0 unspecified atom stereocenters. The molecule has 0 bridgehead atoms. The smallest absolute Gasteiger partial charge is 0.416 e. The van der Waals surface area contributed by atoms with Gasteiger partial charge >= 0.3 is 6.18 Å². The zero-order chi connectivity index (χ0) is 24.7. The highest BCUT2D eigenvalue weighted by Crippen LogP contribution is 2.33. The van der Waals surface area contributed by atoms with Gasteiger partial charge in [0, 0.05) is 11.6 Å². The van der Waals surface area contributed by atoms with Crippen LogP contribution in [0.5, 0.6) is 5.75 Å². The number of hydrogen-bond donors (Lipinski definition) is 1. The van der Waals surface area contributed by atoms with Gasteiger partial charge in [-0.1, -0.05) is 36.4 Å². The van der Waals surface area contributed by atoms with E-state index >= 15 is 0 Å². The van der Waals surface area contributed by atoms with Gasteiger partial charge in [-0.05, 0) is 51.3 Å². The van der Waals surface area contributed by atoms with Gasteiger partial charge in [0.15, 0.2) is 0 Å². The molecule has 0 fully saturated rings. The quantitative estimate of drug-likeness (QED) is 0.229. The molecule has 11 heteroatoms. The molecule has 0 saturated heterocycles. The maximum Gasteiger partial charge on any atom is 0.416 e. The van der Waals surface area contributed by atoms with Crippen LogP contribution in [0.4, 0.5) is 18.9 Å². The van der Waals surface area contributed by atoms with Gasteiger partial charge in [0.25, 0.3) is 5.69 Å². The number of hydrogen-bond acceptors (Lipinski definition) is 5. The van der Waals surface area contributed by atoms with Gasteiger partial charge in [0.1, 0.15) is 12.4 Å². The molecule has 0 heterocycles. The largest absolute Gasteiger partial charge is 0.488 e. The van der Waals surface area contributed by atoms with Crippen molar-refractivity contribution in [1.29, 1.82) is 0 Å². The molecular weight excluding hydrogens is 519 g/mol. The summed E-state index contributed by atoms with van der Waals surface area (Å²) in [4.78, 5) is 22.3. The third-order valence-electron chi connectivity index (χ3n) is 4.56. The first-order valence-electron chi connectivity index (χ1n) is 9.76. The van der Waals surface area contributed by atoms with E-state index in [-0.39, 0.29) is 5.56 Å². The molecule has 0 aliphatic heterocycles. The molecule has 0 saturated carbocycles. The Labute approximate surface area is 200 Å². The van der Waals surface area contributed by atoms with Gasteiger partial charge in [0.2, 0.25) is 5.91 Å². The highest BCUT2D eigenvalue weighted by atomic mass is 79.9. The molecule has 1 amide bonds. The first kappa shape index (κ1) is 24.9. The number of alkyl halides is 3. The maximum atomic E-state index is 12.8. The number of nitro benzene ring substituents is 1. The first-order valence-corrected chi connectivity index (χ1v) is 10.6. The summed E-state index contributed by atoms with van der Waals surface area (Å²) in [6.45, 7) is 0.388. The van der Waals surface area contributed by atoms with E-state index in [1.807, 2.05) is 30.3 Å². The number of benzene rings is 3. The fourth-order valence-electron chi connectivity index (χ4n) is 2.90. The number of nitrogens with zero attached hydrogens (tertiary/aromatic N) is 2. The van der Waals surface area contributed by atoms with Gasteiger partial charge in [-0.3, -0.25) is 14.9 Å². The topological polar surface area (TPSA) is 93.8 Å². The summed E-state index contributed by atoms with van der Waals surface area (Å²) in [6.07, 6.45) is -3.89. The Balaban J connectivity index is 1.59. The van der Waals surface area contributed by atoms with Crippen LogP contribution in [0.3, 0.4) is 0 Å². The van der Waals surface area contributed by atoms with E-state index in [9.17, 15) is 28.1 Å². The molecule has 3 rings (SSSR count). The number of nitrogens with one attached hydrogen (secondary N) is 1. The predicted molar refractivity (Wildman–Crippen MR) is 122 cm³/mol. The standard InChI is InChI=1S/C23H17BrF3N3O4/c24-19-10-16(6-9-21(19)34-14-15-4-2-1-3-5-15)13-28-29-22(31)11-17-7-8-18(23(25,26)27)12-20(17)30(32)33/h1-10,12-13H,11,14H2,(H,29,31)/b28-13+. The Morgan fingerprint density at radius 3 is 2.50 bits per heavy atom. The van der Waals surface area contributed by atoms with Gasteiger partial charge in [-0.15, -0.1) is 0 Å². The molecular formula is C23H17BrF3N3O4. The van der Waals surface area contributed by atoms with Crippen molar-refractivity contribution >= 4 is 33.7 Å². The third-order valence-corrected chi connectivity index (χ3v) is 5.18. The zero-order valence-corrected chi connectivity index (χ0v) is 19.0. The minimum Gasteiger partial charge on any atom is -0.488 e.